The molecule has 13 nitrogen and oxygen atoms in total. The summed E-state index contributed by atoms with van der Waals surface area (Å²) in [5, 5.41) is 22.4. The number of aliphatic hydroxyl groups excluding tert-OH is 1. The molecular weight excluding hydrogens is 747 g/mol. The van der Waals surface area contributed by atoms with Gasteiger partial charge in [-0.05, 0) is 40.5 Å². The van der Waals surface area contributed by atoms with Gasteiger partial charge in [0.2, 0.25) is 11.8 Å². The Labute approximate surface area is 334 Å². The molecule has 0 fully saturated rings. The van der Waals surface area contributed by atoms with Crippen LogP contribution in [0.4, 0.5) is 9.59 Å². The van der Waals surface area contributed by atoms with E-state index in [0.29, 0.717) is 11.1 Å². The van der Waals surface area contributed by atoms with Gasteiger partial charge in [0.25, 0.3) is 7.37 Å². The van der Waals surface area contributed by atoms with Crippen LogP contribution < -0.4 is 21.3 Å². The number of nitrogens with one attached hydrogen (secondary N) is 4. The lowest BCUT2D eigenvalue weighted by Gasteiger charge is -2.34. The molecule has 4 aromatic rings. The highest BCUT2D eigenvalue weighted by Gasteiger charge is 2.45. The van der Waals surface area contributed by atoms with Gasteiger partial charge in [0.05, 0.1) is 6.04 Å². The fourth-order valence-electron chi connectivity index (χ4n) is 6.03. The summed E-state index contributed by atoms with van der Waals surface area (Å²) in [5.74, 6) is -6.08. The molecule has 0 aliphatic carbocycles. The Balaban J connectivity index is 1.57. The molecule has 4 amide bonds. The number of hydrogen-bond acceptors (Lipinski definition) is 8. The van der Waals surface area contributed by atoms with Crippen molar-refractivity contribution in [2.45, 2.75) is 83.5 Å². The smallest absolute Gasteiger partial charge is 0.408 e. The molecule has 0 heterocycles. The Morgan fingerprint density at radius 3 is 1.28 bits per heavy atom. The van der Waals surface area contributed by atoms with Crippen molar-refractivity contribution in [1.82, 2.24) is 21.3 Å². The number of aliphatic hydroxyl groups is 1. The summed E-state index contributed by atoms with van der Waals surface area (Å²) in [6.45, 7) is 6.75. The second-order valence-corrected chi connectivity index (χ2v) is 17.0. The van der Waals surface area contributed by atoms with Crippen LogP contribution in [0.3, 0.4) is 0 Å². The Morgan fingerprint density at radius 1 is 0.544 bits per heavy atom. The number of carbonyl (C=O) groups is 4. The van der Waals surface area contributed by atoms with Crippen molar-refractivity contribution in [3.05, 3.63) is 144 Å². The molecule has 14 heteroatoms. The van der Waals surface area contributed by atoms with E-state index in [0.717, 1.165) is 11.1 Å². The first-order valence-corrected chi connectivity index (χ1v) is 20.7. The van der Waals surface area contributed by atoms with Crippen LogP contribution in [0.5, 0.6) is 0 Å². The Hall–Kier alpha value is -5.49. The van der Waals surface area contributed by atoms with Crippen LogP contribution in [0.25, 0.3) is 0 Å². The molecule has 304 valence electrons. The third kappa shape index (κ3) is 13.9. The molecular formula is C43H53N4O9P. The Bertz CT molecular complexity index is 1920. The number of benzene rings is 4. The summed E-state index contributed by atoms with van der Waals surface area (Å²) in [5.41, 5.74) is 2.72. The summed E-state index contributed by atoms with van der Waals surface area (Å²) >= 11 is 0. The van der Waals surface area contributed by atoms with Gasteiger partial charge < -0.3 is 40.7 Å². The monoisotopic (exact) mass is 800 g/mol. The van der Waals surface area contributed by atoms with E-state index in [1.54, 1.807) is 137 Å². The average Bonchev–Trinajstić information content (AvgIpc) is 3.20. The summed E-state index contributed by atoms with van der Waals surface area (Å²) < 4.78 is 25.4. The molecule has 4 rings (SSSR count). The lowest BCUT2D eigenvalue weighted by Crippen LogP contribution is -2.56. The molecule has 0 bridgehead atoms. The number of hydrogen-bond donors (Lipinski definition) is 6. The van der Waals surface area contributed by atoms with E-state index < -0.39 is 73.0 Å². The van der Waals surface area contributed by atoms with Crippen molar-refractivity contribution in [2.75, 3.05) is 0 Å². The van der Waals surface area contributed by atoms with E-state index in [1.807, 2.05) is 12.1 Å². The maximum atomic E-state index is 14.7. The van der Waals surface area contributed by atoms with E-state index in [4.69, 9.17) is 9.47 Å². The lowest BCUT2D eigenvalue weighted by atomic mass is 10.0. The molecule has 0 spiro atoms. The zero-order chi connectivity index (χ0) is 41.4. The fourth-order valence-corrected chi connectivity index (χ4v) is 7.88. The molecule has 6 atom stereocenters. The predicted molar refractivity (Wildman–Crippen MR) is 217 cm³/mol. The summed E-state index contributed by atoms with van der Waals surface area (Å²) in [6, 6.07) is 31.8. The topological polar surface area (TPSA) is 192 Å². The van der Waals surface area contributed by atoms with Gasteiger partial charge in [0.15, 0.2) is 5.85 Å². The number of carbonyl (C=O) groups excluding carboxylic acids is 4. The molecule has 0 radical (unpaired) electrons. The van der Waals surface area contributed by atoms with Gasteiger partial charge in [-0.2, -0.15) is 0 Å². The first-order chi connectivity index (χ1) is 27.2. The van der Waals surface area contributed by atoms with Gasteiger partial charge in [-0.25, -0.2) is 9.59 Å². The number of amides is 4. The number of rotatable bonds is 19. The maximum Gasteiger partial charge on any atom is 0.408 e. The van der Waals surface area contributed by atoms with E-state index in [1.165, 1.54) is 0 Å². The van der Waals surface area contributed by atoms with Crippen molar-refractivity contribution in [2.24, 2.45) is 11.8 Å². The van der Waals surface area contributed by atoms with Gasteiger partial charge in [-0.3, -0.25) is 14.2 Å². The van der Waals surface area contributed by atoms with Crippen LogP contribution in [0.2, 0.25) is 0 Å². The zero-order valence-electron chi connectivity index (χ0n) is 32.6. The summed E-state index contributed by atoms with van der Waals surface area (Å²) in [4.78, 5) is 65.4. The minimum Gasteiger partial charge on any atom is -0.445 e. The zero-order valence-corrected chi connectivity index (χ0v) is 33.5. The molecule has 4 aromatic carbocycles. The van der Waals surface area contributed by atoms with Crippen LogP contribution >= 0.6 is 7.37 Å². The van der Waals surface area contributed by atoms with E-state index >= 15 is 0 Å². The quantitative estimate of drug-likeness (QED) is 0.0628. The SMILES string of the molecule is CC(C)[C@H](NC(=O)OCc1ccccc1)C(=O)NC(Cc1ccccc1)C(O)P(=O)(O)[C@H](Cc1ccccc1)NC(=O)[C@@H](NC(=O)OCc1ccccc1)C(C)C. The van der Waals surface area contributed by atoms with Crippen LogP contribution in [0.15, 0.2) is 121 Å². The van der Waals surface area contributed by atoms with Crippen molar-refractivity contribution in [3.8, 4) is 0 Å². The molecule has 57 heavy (non-hydrogen) atoms. The van der Waals surface area contributed by atoms with Gasteiger partial charge in [0.1, 0.15) is 31.1 Å². The Morgan fingerprint density at radius 2 is 0.895 bits per heavy atom. The van der Waals surface area contributed by atoms with Crippen molar-refractivity contribution >= 4 is 31.4 Å². The fraction of sp³-hybridized carbons (Fsp3) is 0.349. The van der Waals surface area contributed by atoms with E-state index in [9.17, 15) is 33.7 Å². The standard InChI is InChI=1S/C43H53N4O9P/c1-29(2)37(46-42(51)55-27-33-21-13-7-14-22-33)39(48)44-35(25-31-17-9-5-10-18-31)41(50)57(53,54)36(26-32-19-11-6-12-20-32)45-40(49)38(30(3)4)47-43(52)56-28-34-23-15-8-16-24-34/h5-24,29-30,35-38,41,50H,25-28H2,1-4H3,(H,44,48)(H,45,49)(H,46,51)(H,47,52)(H,53,54)/t35?,36-,37+,38+,41?/m1/s1. The van der Waals surface area contributed by atoms with Crippen molar-refractivity contribution in [1.29, 1.82) is 0 Å². The number of alkyl carbamates (subject to hydrolysis) is 2. The lowest BCUT2D eigenvalue weighted by molar-refractivity contribution is -0.126. The highest BCUT2D eigenvalue weighted by Crippen LogP contribution is 2.52. The first-order valence-electron chi connectivity index (χ1n) is 18.9. The third-order valence-corrected chi connectivity index (χ3v) is 11.6. The third-order valence-electron chi connectivity index (χ3n) is 9.26. The summed E-state index contributed by atoms with van der Waals surface area (Å²) in [7, 11) is -4.89. The molecule has 0 saturated carbocycles. The largest absolute Gasteiger partial charge is 0.445 e. The molecule has 6 N–H and O–H groups in total. The number of ether oxygens (including phenoxy) is 2. The van der Waals surface area contributed by atoms with Crippen molar-refractivity contribution in [3.63, 3.8) is 0 Å². The van der Waals surface area contributed by atoms with Gasteiger partial charge in [-0.1, -0.05) is 149 Å². The average molecular weight is 801 g/mol. The van der Waals surface area contributed by atoms with Gasteiger partial charge in [-0.15, -0.1) is 0 Å². The van der Waals surface area contributed by atoms with Gasteiger partial charge >= 0.3 is 12.2 Å². The van der Waals surface area contributed by atoms with Crippen LogP contribution in [0, 0.1) is 11.8 Å². The minimum atomic E-state index is -4.89. The van der Waals surface area contributed by atoms with Crippen molar-refractivity contribution < 1.29 is 43.2 Å². The predicted octanol–water partition coefficient (Wildman–Crippen LogP) is 5.89. The molecule has 0 aliphatic rings. The highest BCUT2D eigenvalue weighted by molar-refractivity contribution is 7.59. The van der Waals surface area contributed by atoms with E-state index in [2.05, 4.69) is 21.3 Å². The molecule has 3 unspecified atom stereocenters. The second-order valence-electron chi connectivity index (χ2n) is 14.5. The molecule has 0 aliphatic heterocycles. The van der Waals surface area contributed by atoms with Crippen LogP contribution in [-0.2, 0) is 49.7 Å². The Kier molecular flexibility index (Phi) is 16.8. The first kappa shape index (κ1) is 44.2. The molecule has 0 saturated heterocycles. The summed E-state index contributed by atoms with van der Waals surface area (Å²) in [6.07, 6.45) is -1.95. The van der Waals surface area contributed by atoms with Gasteiger partial charge in [0, 0.05) is 6.42 Å². The molecule has 0 aromatic heterocycles. The highest BCUT2D eigenvalue weighted by atomic mass is 31.2. The van der Waals surface area contributed by atoms with Crippen LogP contribution in [-0.4, -0.2) is 63.8 Å². The second kappa shape index (κ2) is 21.7. The maximum absolute atomic E-state index is 14.7. The normalized spacial score (nSPS) is 14.9. The minimum absolute atomic E-state index is 0.0290. The van der Waals surface area contributed by atoms with E-state index in [-0.39, 0.29) is 26.1 Å². The van der Waals surface area contributed by atoms with Crippen LogP contribution in [0.1, 0.15) is 49.9 Å².